The van der Waals surface area contributed by atoms with Crippen LogP contribution in [0.3, 0.4) is 0 Å². The van der Waals surface area contributed by atoms with Crippen molar-refractivity contribution in [3.8, 4) is 11.4 Å². The quantitative estimate of drug-likeness (QED) is 0.890. The molecule has 2 fully saturated rings. The zero-order valence-corrected chi connectivity index (χ0v) is 14.9. The van der Waals surface area contributed by atoms with Crippen LogP contribution >= 0.6 is 0 Å². The first-order valence-corrected chi connectivity index (χ1v) is 8.92. The molecule has 1 saturated carbocycles. The van der Waals surface area contributed by atoms with E-state index in [0.717, 1.165) is 41.2 Å². The molecular weight excluding hydrogens is 322 g/mol. The summed E-state index contributed by atoms with van der Waals surface area (Å²) in [5, 5.41) is 7.46. The maximum absolute atomic E-state index is 13.7. The molecule has 2 aromatic rings. The van der Waals surface area contributed by atoms with Gasteiger partial charge in [-0.15, -0.1) is 0 Å². The lowest BCUT2D eigenvalue weighted by Gasteiger charge is -2.22. The highest BCUT2D eigenvalue weighted by molar-refractivity contribution is 5.66. The molecule has 0 amide bonds. The molecule has 2 aromatic heterocycles. The summed E-state index contributed by atoms with van der Waals surface area (Å²) in [6.07, 6.45) is 4.03. The number of halogens is 2. The van der Waals surface area contributed by atoms with Crippen molar-refractivity contribution in [3.63, 3.8) is 0 Å². The van der Waals surface area contributed by atoms with Crippen molar-refractivity contribution in [1.82, 2.24) is 15.2 Å². The highest BCUT2D eigenvalue weighted by Gasteiger charge is 2.40. The third-order valence-corrected chi connectivity index (χ3v) is 5.09. The van der Waals surface area contributed by atoms with E-state index in [1.807, 2.05) is 23.2 Å². The third kappa shape index (κ3) is 3.26. The van der Waals surface area contributed by atoms with Crippen LogP contribution < -0.4 is 4.90 Å². The van der Waals surface area contributed by atoms with Gasteiger partial charge in [0.05, 0.1) is 12.2 Å². The SMILES string of the molecule is CC(C)(C)c1cc(-c2cc(N3CCC(F)(F)C3)c(C3CC3)cn2)n[nH]1. The molecule has 1 saturated heterocycles. The first-order chi connectivity index (χ1) is 11.7. The van der Waals surface area contributed by atoms with Gasteiger partial charge in [0.25, 0.3) is 5.92 Å². The number of hydrogen-bond donors (Lipinski definition) is 1. The van der Waals surface area contributed by atoms with Crippen molar-refractivity contribution in [2.75, 3.05) is 18.0 Å². The normalized spacial score (nSPS) is 20.3. The van der Waals surface area contributed by atoms with E-state index >= 15 is 0 Å². The molecule has 1 aliphatic heterocycles. The van der Waals surface area contributed by atoms with E-state index in [4.69, 9.17) is 0 Å². The number of hydrogen-bond acceptors (Lipinski definition) is 3. The number of anilines is 1. The second kappa shape index (κ2) is 5.51. The van der Waals surface area contributed by atoms with Gasteiger partial charge in [0.1, 0.15) is 5.69 Å². The lowest BCUT2D eigenvalue weighted by Crippen LogP contribution is -2.25. The average Bonchev–Trinajstić information content (AvgIpc) is 3.12. The maximum Gasteiger partial charge on any atom is 0.266 e. The molecule has 3 heterocycles. The summed E-state index contributed by atoms with van der Waals surface area (Å²) in [5.41, 5.74) is 4.52. The zero-order valence-electron chi connectivity index (χ0n) is 14.9. The van der Waals surface area contributed by atoms with Gasteiger partial charge in [0.15, 0.2) is 0 Å². The van der Waals surface area contributed by atoms with Crippen LogP contribution in [-0.2, 0) is 5.41 Å². The van der Waals surface area contributed by atoms with Crippen LogP contribution in [0.15, 0.2) is 18.3 Å². The van der Waals surface area contributed by atoms with Gasteiger partial charge in [-0.2, -0.15) is 5.10 Å². The molecule has 0 unspecified atom stereocenters. The number of nitrogens with zero attached hydrogens (tertiary/aromatic N) is 3. The molecule has 0 atom stereocenters. The van der Waals surface area contributed by atoms with Crippen molar-refractivity contribution in [3.05, 3.63) is 29.6 Å². The Morgan fingerprint density at radius 1 is 1.20 bits per heavy atom. The molecule has 2 aliphatic rings. The molecule has 1 N–H and O–H groups in total. The fraction of sp³-hybridized carbons (Fsp3) is 0.579. The van der Waals surface area contributed by atoms with Gasteiger partial charge in [-0.25, -0.2) is 8.78 Å². The third-order valence-electron chi connectivity index (χ3n) is 5.09. The number of H-pyrrole nitrogens is 1. The topological polar surface area (TPSA) is 44.8 Å². The molecule has 0 spiro atoms. The zero-order chi connectivity index (χ0) is 17.8. The van der Waals surface area contributed by atoms with Gasteiger partial charge >= 0.3 is 0 Å². The summed E-state index contributed by atoms with van der Waals surface area (Å²) >= 11 is 0. The Kier molecular flexibility index (Phi) is 3.63. The Labute approximate surface area is 146 Å². The van der Waals surface area contributed by atoms with Crippen molar-refractivity contribution < 1.29 is 8.78 Å². The molecule has 0 radical (unpaired) electrons. The van der Waals surface area contributed by atoms with E-state index < -0.39 is 5.92 Å². The first kappa shape index (κ1) is 16.5. The molecule has 1 aliphatic carbocycles. The van der Waals surface area contributed by atoms with Crippen LogP contribution in [0.2, 0.25) is 0 Å². The summed E-state index contributed by atoms with van der Waals surface area (Å²) in [6, 6.07) is 3.94. The van der Waals surface area contributed by atoms with E-state index in [1.165, 1.54) is 0 Å². The number of nitrogens with one attached hydrogen (secondary N) is 1. The lowest BCUT2D eigenvalue weighted by atomic mass is 9.92. The lowest BCUT2D eigenvalue weighted by molar-refractivity contribution is 0.0257. The van der Waals surface area contributed by atoms with Gasteiger partial charge in [-0.3, -0.25) is 10.1 Å². The first-order valence-electron chi connectivity index (χ1n) is 8.92. The predicted octanol–water partition coefficient (Wildman–Crippen LogP) is 4.49. The van der Waals surface area contributed by atoms with Gasteiger partial charge in [-0.05, 0) is 36.5 Å². The summed E-state index contributed by atoms with van der Waals surface area (Å²) in [7, 11) is 0. The number of alkyl halides is 2. The smallest absolute Gasteiger partial charge is 0.266 e. The molecule has 4 nitrogen and oxygen atoms in total. The monoisotopic (exact) mass is 346 g/mol. The second-order valence-electron chi connectivity index (χ2n) is 8.35. The van der Waals surface area contributed by atoms with Crippen molar-refractivity contribution in [1.29, 1.82) is 0 Å². The summed E-state index contributed by atoms with van der Waals surface area (Å²) in [4.78, 5) is 6.39. The fourth-order valence-corrected chi connectivity index (χ4v) is 3.36. The van der Waals surface area contributed by atoms with Crippen molar-refractivity contribution in [2.24, 2.45) is 0 Å². The standard InChI is InChI=1S/C19H24F2N4/c1-18(2,3)17-9-15(23-24-17)14-8-16(13(10-22-14)12-4-5-12)25-7-6-19(20,21)11-25/h8-10,12H,4-7,11H2,1-3H3,(H,23,24). The van der Waals surface area contributed by atoms with Crippen LogP contribution in [0, 0.1) is 0 Å². The van der Waals surface area contributed by atoms with Crippen molar-refractivity contribution in [2.45, 2.75) is 57.3 Å². The Hall–Kier alpha value is -1.98. The van der Waals surface area contributed by atoms with Gasteiger partial charge in [-0.1, -0.05) is 20.8 Å². The van der Waals surface area contributed by atoms with Crippen LogP contribution in [0.4, 0.5) is 14.5 Å². The van der Waals surface area contributed by atoms with Crippen molar-refractivity contribution >= 4 is 5.69 Å². The highest BCUT2D eigenvalue weighted by atomic mass is 19.3. The van der Waals surface area contributed by atoms with Crippen LogP contribution in [0.1, 0.15) is 57.2 Å². The van der Waals surface area contributed by atoms with Gasteiger partial charge < -0.3 is 4.90 Å². The fourth-order valence-electron chi connectivity index (χ4n) is 3.36. The van der Waals surface area contributed by atoms with E-state index in [0.29, 0.717) is 12.5 Å². The molecule has 0 bridgehead atoms. The summed E-state index contributed by atoms with van der Waals surface area (Å²) in [5.74, 6) is -2.13. The minimum absolute atomic E-state index is 0.0287. The molecule has 6 heteroatoms. The highest BCUT2D eigenvalue weighted by Crippen LogP contribution is 2.46. The number of pyridine rings is 1. The minimum Gasteiger partial charge on any atom is -0.365 e. The number of aromatic nitrogens is 3. The van der Waals surface area contributed by atoms with E-state index in [9.17, 15) is 8.78 Å². The van der Waals surface area contributed by atoms with E-state index in [2.05, 4.69) is 36.0 Å². The second-order valence-corrected chi connectivity index (χ2v) is 8.35. The summed E-state index contributed by atoms with van der Waals surface area (Å²) < 4.78 is 27.4. The molecule has 25 heavy (non-hydrogen) atoms. The number of rotatable bonds is 3. The van der Waals surface area contributed by atoms with Crippen LogP contribution in [-0.4, -0.2) is 34.2 Å². The van der Waals surface area contributed by atoms with Gasteiger partial charge in [0.2, 0.25) is 0 Å². The van der Waals surface area contributed by atoms with E-state index in [1.54, 1.807) is 0 Å². The largest absolute Gasteiger partial charge is 0.365 e. The van der Waals surface area contributed by atoms with Crippen LogP contribution in [0.5, 0.6) is 0 Å². The summed E-state index contributed by atoms with van der Waals surface area (Å²) in [6.45, 7) is 6.54. The molecule has 4 rings (SSSR count). The number of aromatic amines is 1. The minimum atomic E-state index is -2.60. The molecular formula is C19H24F2N4. The average molecular weight is 346 g/mol. The molecule has 134 valence electrons. The predicted molar refractivity (Wildman–Crippen MR) is 94.3 cm³/mol. The molecule has 0 aromatic carbocycles. The Bertz CT molecular complexity index is 787. The Morgan fingerprint density at radius 2 is 1.96 bits per heavy atom. The van der Waals surface area contributed by atoms with Gasteiger partial charge in [0, 0.05) is 36.0 Å². The van der Waals surface area contributed by atoms with Crippen LogP contribution in [0.25, 0.3) is 11.4 Å². The maximum atomic E-state index is 13.7. The Balaban J connectivity index is 1.70. The Morgan fingerprint density at radius 3 is 2.52 bits per heavy atom. The van der Waals surface area contributed by atoms with E-state index in [-0.39, 0.29) is 18.4 Å².